The van der Waals surface area contributed by atoms with E-state index in [0.717, 1.165) is 16.5 Å². The minimum atomic E-state index is -1.44. The molecule has 1 aromatic carbocycles. The quantitative estimate of drug-likeness (QED) is 0.384. The molecule has 0 saturated carbocycles. The fourth-order valence-electron chi connectivity index (χ4n) is 3.83. The van der Waals surface area contributed by atoms with Gasteiger partial charge in [0.05, 0.1) is 34.7 Å². The topological polar surface area (TPSA) is 107 Å². The molecule has 7 nitrogen and oxygen atoms in total. The molecule has 0 spiro atoms. The fraction of sp³-hybridized carbons (Fsp3) is 0.318. The van der Waals surface area contributed by atoms with Crippen molar-refractivity contribution in [3.05, 3.63) is 56.6 Å². The summed E-state index contributed by atoms with van der Waals surface area (Å²) in [6.07, 6.45) is -0.767. The number of hydrogen-bond acceptors (Lipinski definition) is 5. The number of carbonyl (C=O) groups is 1. The van der Waals surface area contributed by atoms with Crippen LogP contribution in [0.2, 0.25) is 0 Å². The van der Waals surface area contributed by atoms with Crippen LogP contribution in [0.15, 0.2) is 23.0 Å². The minimum Gasteiger partial charge on any atom is -0.450 e. The second-order valence-electron chi connectivity index (χ2n) is 6.80. The number of carboxylic acid groups (broad SMARTS) is 1. The van der Waals surface area contributed by atoms with Gasteiger partial charge in [-0.25, -0.2) is 14.2 Å². The molecule has 0 amide bonds. The summed E-state index contributed by atoms with van der Waals surface area (Å²) in [4.78, 5) is 28.3. The molecule has 0 radical (unpaired) electrons. The summed E-state index contributed by atoms with van der Waals surface area (Å²) in [7, 11) is 0. The number of aryl methyl sites for hydroxylation is 2. The highest BCUT2D eigenvalue weighted by Crippen LogP contribution is 2.37. The van der Waals surface area contributed by atoms with Crippen molar-refractivity contribution in [2.45, 2.75) is 47.3 Å². The summed E-state index contributed by atoms with van der Waals surface area (Å²) in [6.45, 7) is 7.71. The van der Waals surface area contributed by atoms with Gasteiger partial charge in [-0.15, -0.1) is 0 Å². The summed E-state index contributed by atoms with van der Waals surface area (Å²) in [6, 6.07) is 4.69. The van der Waals surface area contributed by atoms with Gasteiger partial charge in [0.25, 0.3) is 5.56 Å². The second kappa shape index (κ2) is 8.14. The van der Waals surface area contributed by atoms with Gasteiger partial charge in [-0.3, -0.25) is 4.79 Å². The Morgan fingerprint density at radius 1 is 1.30 bits per heavy atom. The zero-order valence-corrected chi connectivity index (χ0v) is 17.4. The lowest BCUT2D eigenvalue weighted by atomic mass is 9.98. The van der Waals surface area contributed by atoms with Gasteiger partial charge in [0.1, 0.15) is 12.4 Å². The number of nitrogen functional groups attached to an aromatic ring is 1. The van der Waals surface area contributed by atoms with Gasteiger partial charge in [0, 0.05) is 17.0 Å². The predicted octanol–water partition coefficient (Wildman–Crippen LogP) is 4.24. The lowest BCUT2D eigenvalue weighted by Gasteiger charge is -2.11. The maximum atomic E-state index is 14.0. The Morgan fingerprint density at radius 3 is 2.63 bits per heavy atom. The van der Waals surface area contributed by atoms with Gasteiger partial charge in [-0.1, -0.05) is 20.8 Å². The molecule has 3 aromatic rings. The molecular weight excluding hydrogens is 389 g/mol. The molecular formula is C22H24FN3O4. The number of hydrogen-bond donors (Lipinski definition) is 2. The standard InChI is InChI=1S/C20H18FN3O4.C2H6/c1-3-10-11-5-15(22)14(21)6-16(11)23-18-12(10)7-24-17(18)4-9(2)13(19(24)25)8-28-20(26)27;1-2/h4-6H,3,7-8,22H2,1-2H3,(H,26,27);1-2H3. The first-order valence-electron chi connectivity index (χ1n) is 9.81. The van der Waals surface area contributed by atoms with Crippen molar-refractivity contribution in [3.8, 4) is 11.4 Å². The van der Waals surface area contributed by atoms with Crippen LogP contribution in [-0.2, 0) is 24.3 Å². The Morgan fingerprint density at radius 2 is 2.00 bits per heavy atom. The predicted molar refractivity (Wildman–Crippen MR) is 113 cm³/mol. The molecule has 0 bridgehead atoms. The molecule has 3 heterocycles. The largest absolute Gasteiger partial charge is 0.506 e. The number of ether oxygens (including phenoxy) is 1. The fourth-order valence-corrected chi connectivity index (χ4v) is 3.83. The first-order chi connectivity index (χ1) is 14.3. The van der Waals surface area contributed by atoms with Crippen molar-refractivity contribution in [1.82, 2.24) is 9.55 Å². The first kappa shape index (κ1) is 21.3. The van der Waals surface area contributed by atoms with Gasteiger partial charge < -0.3 is 20.1 Å². The third kappa shape index (κ3) is 3.38. The average molecular weight is 413 g/mol. The first-order valence-corrected chi connectivity index (χ1v) is 9.81. The molecule has 0 fully saturated rings. The number of halogens is 1. The second-order valence-corrected chi connectivity index (χ2v) is 6.80. The van der Waals surface area contributed by atoms with Crippen LogP contribution in [0.25, 0.3) is 22.3 Å². The summed E-state index contributed by atoms with van der Waals surface area (Å²) < 4.78 is 20.1. The zero-order valence-electron chi connectivity index (χ0n) is 17.4. The van der Waals surface area contributed by atoms with E-state index in [0.29, 0.717) is 35.4 Å². The number of nitrogens with zero attached hydrogens (tertiary/aromatic N) is 2. The Hall–Kier alpha value is -3.42. The van der Waals surface area contributed by atoms with E-state index in [1.165, 1.54) is 6.07 Å². The van der Waals surface area contributed by atoms with Gasteiger partial charge >= 0.3 is 6.16 Å². The van der Waals surface area contributed by atoms with Crippen molar-refractivity contribution >= 4 is 22.7 Å². The number of anilines is 1. The van der Waals surface area contributed by atoms with E-state index in [4.69, 9.17) is 10.8 Å². The Balaban J connectivity index is 0.00000124. The van der Waals surface area contributed by atoms with Gasteiger partial charge in [-0.05, 0) is 36.6 Å². The molecule has 0 aliphatic carbocycles. The molecule has 0 unspecified atom stereocenters. The van der Waals surface area contributed by atoms with Crippen molar-refractivity contribution in [2.24, 2.45) is 0 Å². The molecule has 0 atom stereocenters. The lowest BCUT2D eigenvalue weighted by molar-refractivity contribution is 0.0848. The number of aromatic nitrogens is 2. The van der Waals surface area contributed by atoms with Crippen molar-refractivity contribution in [3.63, 3.8) is 0 Å². The Kier molecular flexibility index (Phi) is 5.78. The SMILES string of the molecule is CC.CCc1c2c(nc3cc(F)c(N)cc13)-c1cc(C)c(COC(=O)O)c(=O)n1C2. The maximum Gasteiger partial charge on any atom is 0.506 e. The van der Waals surface area contributed by atoms with E-state index in [2.05, 4.69) is 9.72 Å². The third-order valence-electron chi connectivity index (χ3n) is 5.20. The van der Waals surface area contributed by atoms with E-state index >= 15 is 0 Å². The summed E-state index contributed by atoms with van der Waals surface area (Å²) in [5.41, 5.74) is 10.0. The molecule has 2 aromatic heterocycles. The Bertz CT molecular complexity index is 1220. The zero-order chi connectivity index (χ0) is 22.2. The van der Waals surface area contributed by atoms with E-state index in [1.54, 1.807) is 23.6 Å². The van der Waals surface area contributed by atoms with Gasteiger partial charge in [0.15, 0.2) is 0 Å². The van der Waals surface area contributed by atoms with Crippen molar-refractivity contribution in [2.75, 3.05) is 5.73 Å². The molecule has 8 heteroatoms. The lowest BCUT2D eigenvalue weighted by Crippen LogP contribution is -2.25. The van der Waals surface area contributed by atoms with Crippen LogP contribution in [0.1, 0.15) is 43.0 Å². The summed E-state index contributed by atoms with van der Waals surface area (Å²) >= 11 is 0. The number of benzene rings is 1. The van der Waals surface area contributed by atoms with Crippen LogP contribution >= 0.6 is 0 Å². The number of fused-ring (bicyclic) bond motifs is 4. The van der Waals surface area contributed by atoms with Crippen LogP contribution in [0.3, 0.4) is 0 Å². The molecule has 3 N–H and O–H groups in total. The summed E-state index contributed by atoms with van der Waals surface area (Å²) in [5, 5.41) is 9.50. The van der Waals surface area contributed by atoms with Gasteiger partial charge in [-0.2, -0.15) is 0 Å². The third-order valence-corrected chi connectivity index (χ3v) is 5.20. The van der Waals surface area contributed by atoms with Crippen LogP contribution < -0.4 is 11.3 Å². The van der Waals surface area contributed by atoms with Gasteiger partial charge in [0.2, 0.25) is 0 Å². The Labute approximate surface area is 172 Å². The molecule has 1 aliphatic rings. The van der Waals surface area contributed by atoms with Crippen LogP contribution in [-0.4, -0.2) is 20.8 Å². The highest BCUT2D eigenvalue weighted by atomic mass is 19.1. The van der Waals surface area contributed by atoms with E-state index in [9.17, 15) is 14.0 Å². The van der Waals surface area contributed by atoms with Crippen LogP contribution in [0.5, 0.6) is 0 Å². The van der Waals surface area contributed by atoms with Crippen molar-refractivity contribution in [1.29, 1.82) is 0 Å². The number of nitrogens with two attached hydrogens (primary N) is 1. The molecule has 30 heavy (non-hydrogen) atoms. The molecule has 158 valence electrons. The number of rotatable bonds is 3. The van der Waals surface area contributed by atoms with Crippen LogP contribution in [0.4, 0.5) is 14.9 Å². The van der Waals surface area contributed by atoms with Crippen molar-refractivity contribution < 1.29 is 19.0 Å². The average Bonchev–Trinajstić information content (AvgIpc) is 3.07. The van der Waals surface area contributed by atoms with E-state index in [-0.39, 0.29) is 23.4 Å². The molecule has 1 aliphatic heterocycles. The summed E-state index contributed by atoms with van der Waals surface area (Å²) in [5.74, 6) is -0.533. The normalized spacial score (nSPS) is 11.5. The minimum absolute atomic E-state index is 0.0561. The highest BCUT2D eigenvalue weighted by Gasteiger charge is 2.27. The maximum absolute atomic E-state index is 14.0. The van der Waals surface area contributed by atoms with E-state index in [1.807, 2.05) is 20.8 Å². The smallest absolute Gasteiger partial charge is 0.450 e. The molecule has 4 rings (SSSR count). The monoisotopic (exact) mass is 413 g/mol. The highest BCUT2D eigenvalue weighted by molar-refractivity contribution is 5.90. The van der Waals surface area contributed by atoms with Crippen LogP contribution in [0, 0.1) is 12.7 Å². The molecule has 0 saturated heterocycles. The number of pyridine rings is 2. The van der Waals surface area contributed by atoms with E-state index < -0.39 is 12.0 Å².